The molecule has 1 aromatic rings. The van der Waals surface area contributed by atoms with Gasteiger partial charge in [0, 0.05) is 38.3 Å². The van der Waals surface area contributed by atoms with Crippen LogP contribution in [-0.4, -0.2) is 32.5 Å². The zero-order valence-electron chi connectivity index (χ0n) is 10.1. The Bertz CT molecular complexity index is 416. The van der Waals surface area contributed by atoms with E-state index >= 15 is 0 Å². The van der Waals surface area contributed by atoms with Crippen molar-refractivity contribution in [2.75, 3.05) is 25.5 Å². The van der Waals surface area contributed by atoms with Gasteiger partial charge in [-0.3, -0.25) is 9.59 Å². The first-order valence-corrected chi connectivity index (χ1v) is 5.34. The first-order valence-electron chi connectivity index (χ1n) is 5.34. The van der Waals surface area contributed by atoms with Crippen LogP contribution in [0.4, 0.5) is 5.69 Å². The van der Waals surface area contributed by atoms with E-state index in [4.69, 9.17) is 5.73 Å². The Morgan fingerprint density at radius 3 is 2.65 bits per heavy atom. The van der Waals surface area contributed by atoms with E-state index in [2.05, 4.69) is 5.32 Å². The van der Waals surface area contributed by atoms with Gasteiger partial charge in [-0.05, 0) is 18.2 Å². The van der Waals surface area contributed by atoms with Crippen LogP contribution in [0.3, 0.4) is 0 Å². The highest BCUT2D eigenvalue weighted by molar-refractivity contribution is 5.95. The van der Waals surface area contributed by atoms with E-state index in [0.717, 1.165) is 5.69 Å². The van der Waals surface area contributed by atoms with Crippen molar-refractivity contribution in [1.82, 2.24) is 5.32 Å². The number of carbonyl (C=O) groups excluding carboxylic acids is 2. The monoisotopic (exact) mass is 235 g/mol. The largest absolute Gasteiger partial charge is 0.378 e. The Hall–Kier alpha value is -2.04. The van der Waals surface area contributed by atoms with Crippen LogP contribution in [0.25, 0.3) is 0 Å². The number of primary amides is 1. The average molecular weight is 235 g/mol. The third kappa shape index (κ3) is 4.14. The lowest BCUT2D eigenvalue weighted by molar-refractivity contribution is -0.117. The van der Waals surface area contributed by atoms with E-state index < -0.39 is 5.91 Å². The highest BCUT2D eigenvalue weighted by atomic mass is 16.2. The summed E-state index contributed by atoms with van der Waals surface area (Å²) in [6.45, 7) is 0.264. The fraction of sp³-hybridized carbons (Fsp3) is 0.333. The Kier molecular flexibility index (Phi) is 4.51. The van der Waals surface area contributed by atoms with Crippen LogP contribution in [-0.2, 0) is 4.79 Å². The molecule has 2 amide bonds. The topological polar surface area (TPSA) is 75.4 Å². The van der Waals surface area contributed by atoms with Gasteiger partial charge in [-0.2, -0.15) is 0 Å². The molecule has 0 atom stereocenters. The smallest absolute Gasteiger partial charge is 0.251 e. The molecular formula is C12H17N3O2. The number of nitrogens with one attached hydrogen (secondary N) is 1. The number of nitrogens with two attached hydrogens (primary N) is 1. The highest BCUT2D eigenvalue weighted by Crippen LogP contribution is 2.13. The molecular weight excluding hydrogens is 218 g/mol. The van der Waals surface area contributed by atoms with Crippen LogP contribution in [0.15, 0.2) is 24.3 Å². The molecule has 17 heavy (non-hydrogen) atoms. The van der Waals surface area contributed by atoms with Crippen molar-refractivity contribution in [2.24, 2.45) is 5.73 Å². The van der Waals surface area contributed by atoms with Crippen LogP contribution in [0.2, 0.25) is 0 Å². The van der Waals surface area contributed by atoms with Crippen molar-refractivity contribution in [2.45, 2.75) is 6.42 Å². The molecule has 0 unspecified atom stereocenters. The van der Waals surface area contributed by atoms with Crippen LogP contribution in [0.1, 0.15) is 16.8 Å². The lowest BCUT2D eigenvalue weighted by Crippen LogP contribution is -2.28. The summed E-state index contributed by atoms with van der Waals surface area (Å²) in [6.07, 6.45) is 0.152. The molecule has 1 rings (SSSR count). The van der Waals surface area contributed by atoms with E-state index in [1.54, 1.807) is 12.1 Å². The summed E-state index contributed by atoms with van der Waals surface area (Å²) in [7, 11) is 3.81. The highest BCUT2D eigenvalue weighted by Gasteiger charge is 2.06. The minimum absolute atomic E-state index is 0.152. The van der Waals surface area contributed by atoms with Gasteiger partial charge in [-0.1, -0.05) is 6.07 Å². The van der Waals surface area contributed by atoms with Gasteiger partial charge in [0.05, 0.1) is 0 Å². The summed E-state index contributed by atoms with van der Waals surface area (Å²) in [5.41, 5.74) is 6.51. The Labute approximate surface area is 101 Å². The van der Waals surface area contributed by atoms with Crippen molar-refractivity contribution in [3.63, 3.8) is 0 Å². The number of hydrogen-bond acceptors (Lipinski definition) is 3. The zero-order valence-corrected chi connectivity index (χ0v) is 10.1. The summed E-state index contributed by atoms with van der Waals surface area (Å²) in [5, 5.41) is 2.64. The van der Waals surface area contributed by atoms with E-state index in [9.17, 15) is 9.59 Å². The van der Waals surface area contributed by atoms with Crippen molar-refractivity contribution in [3.05, 3.63) is 29.8 Å². The Balaban J connectivity index is 2.62. The second kappa shape index (κ2) is 5.89. The van der Waals surface area contributed by atoms with Gasteiger partial charge in [0.15, 0.2) is 0 Å². The van der Waals surface area contributed by atoms with Crippen LogP contribution >= 0.6 is 0 Å². The van der Waals surface area contributed by atoms with E-state index in [1.165, 1.54) is 0 Å². The number of rotatable bonds is 5. The fourth-order valence-corrected chi connectivity index (χ4v) is 1.33. The summed E-state index contributed by atoms with van der Waals surface area (Å²) in [4.78, 5) is 24.2. The molecule has 0 aromatic heterocycles. The van der Waals surface area contributed by atoms with E-state index in [0.29, 0.717) is 5.56 Å². The molecule has 0 aliphatic carbocycles. The predicted molar refractivity (Wildman–Crippen MR) is 66.9 cm³/mol. The molecule has 0 aliphatic rings. The van der Waals surface area contributed by atoms with Crippen LogP contribution < -0.4 is 16.0 Å². The summed E-state index contributed by atoms with van der Waals surface area (Å²) < 4.78 is 0. The summed E-state index contributed by atoms with van der Waals surface area (Å²) in [5.74, 6) is -0.623. The number of benzene rings is 1. The minimum Gasteiger partial charge on any atom is -0.378 e. The average Bonchev–Trinajstić information content (AvgIpc) is 2.28. The van der Waals surface area contributed by atoms with Crippen molar-refractivity contribution in [1.29, 1.82) is 0 Å². The first-order chi connectivity index (χ1) is 8.00. The molecule has 5 heteroatoms. The standard InChI is InChI=1S/C12H17N3O2/c1-15(2)10-5-3-4-9(8-10)12(17)14-7-6-11(13)16/h3-5,8H,6-7H2,1-2H3,(H2,13,16)(H,14,17). The summed E-state index contributed by atoms with van der Waals surface area (Å²) >= 11 is 0. The van der Waals surface area contributed by atoms with Crippen molar-refractivity contribution in [3.8, 4) is 0 Å². The number of carbonyl (C=O) groups is 2. The third-order valence-electron chi connectivity index (χ3n) is 2.28. The second-order valence-electron chi connectivity index (χ2n) is 3.92. The van der Waals surface area contributed by atoms with E-state index in [-0.39, 0.29) is 18.9 Å². The molecule has 5 nitrogen and oxygen atoms in total. The molecule has 1 aromatic carbocycles. The van der Waals surface area contributed by atoms with Gasteiger partial charge in [0.25, 0.3) is 5.91 Å². The van der Waals surface area contributed by atoms with Crippen molar-refractivity contribution >= 4 is 17.5 Å². The number of anilines is 1. The normalized spacial score (nSPS) is 9.76. The Morgan fingerprint density at radius 1 is 1.35 bits per heavy atom. The van der Waals surface area contributed by atoms with Crippen LogP contribution in [0, 0.1) is 0 Å². The number of amides is 2. The van der Waals surface area contributed by atoms with Crippen LogP contribution in [0.5, 0.6) is 0 Å². The molecule has 0 radical (unpaired) electrons. The number of hydrogen-bond donors (Lipinski definition) is 2. The van der Waals surface area contributed by atoms with E-state index in [1.807, 2.05) is 31.1 Å². The maximum Gasteiger partial charge on any atom is 0.251 e. The first kappa shape index (κ1) is 13.0. The molecule has 3 N–H and O–H groups in total. The fourth-order valence-electron chi connectivity index (χ4n) is 1.33. The predicted octanol–water partition coefficient (Wildman–Crippen LogP) is 0.358. The lowest BCUT2D eigenvalue weighted by atomic mass is 10.2. The molecule has 0 fully saturated rings. The van der Waals surface area contributed by atoms with Gasteiger partial charge < -0.3 is 16.0 Å². The SMILES string of the molecule is CN(C)c1cccc(C(=O)NCCC(N)=O)c1. The molecule has 0 saturated heterocycles. The third-order valence-corrected chi connectivity index (χ3v) is 2.28. The maximum atomic E-state index is 11.7. The molecule has 0 aliphatic heterocycles. The van der Waals surface area contributed by atoms with Crippen molar-refractivity contribution < 1.29 is 9.59 Å². The molecule has 0 heterocycles. The van der Waals surface area contributed by atoms with Gasteiger partial charge in [-0.25, -0.2) is 0 Å². The number of nitrogens with zero attached hydrogens (tertiary/aromatic N) is 1. The molecule has 92 valence electrons. The molecule has 0 spiro atoms. The quantitative estimate of drug-likeness (QED) is 0.773. The summed E-state index contributed by atoms with van der Waals surface area (Å²) in [6, 6.07) is 7.25. The van der Waals surface area contributed by atoms with Gasteiger partial charge in [0.1, 0.15) is 0 Å². The maximum absolute atomic E-state index is 11.7. The molecule has 0 bridgehead atoms. The lowest BCUT2D eigenvalue weighted by Gasteiger charge is -2.13. The Morgan fingerprint density at radius 2 is 2.06 bits per heavy atom. The second-order valence-corrected chi connectivity index (χ2v) is 3.92. The molecule has 0 saturated carbocycles. The minimum atomic E-state index is -0.424. The van der Waals surface area contributed by atoms with Gasteiger partial charge >= 0.3 is 0 Å². The van der Waals surface area contributed by atoms with Gasteiger partial charge in [-0.15, -0.1) is 0 Å². The zero-order chi connectivity index (χ0) is 12.8. The van der Waals surface area contributed by atoms with Gasteiger partial charge in [0.2, 0.25) is 5.91 Å².